The van der Waals surface area contributed by atoms with Crippen molar-refractivity contribution in [3.05, 3.63) is 76.5 Å². The van der Waals surface area contributed by atoms with E-state index in [-0.39, 0.29) is 24.7 Å². The second-order valence-electron chi connectivity index (χ2n) is 13.7. The van der Waals surface area contributed by atoms with Crippen LogP contribution < -0.4 is 19.9 Å². The van der Waals surface area contributed by atoms with Crippen molar-refractivity contribution in [1.82, 2.24) is 34.9 Å². The van der Waals surface area contributed by atoms with E-state index in [9.17, 15) is 9.59 Å². The molecular formula is C37H39ClFN9O3. The molecule has 264 valence electrons. The predicted octanol–water partition coefficient (Wildman–Crippen LogP) is 6.02. The van der Waals surface area contributed by atoms with Gasteiger partial charge in [-0.3, -0.25) is 19.7 Å². The Hall–Kier alpha value is -5.01. The highest BCUT2D eigenvalue weighted by atomic mass is 35.5. The van der Waals surface area contributed by atoms with Gasteiger partial charge in [-0.15, -0.1) is 0 Å². The number of hydrogen-bond donors (Lipinski definition) is 2. The van der Waals surface area contributed by atoms with Gasteiger partial charge >= 0.3 is 6.03 Å². The average Bonchev–Trinajstić information content (AvgIpc) is 3.63. The number of urea groups is 1. The molecule has 2 aromatic carbocycles. The molecule has 0 atom stereocenters. The first kappa shape index (κ1) is 33.2. The number of halogens is 2. The summed E-state index contributed by atoms with van der Waals surface area (Å²) in [6.45, 7) is 6.69. The van der Waals surface area contributed by atoms with Gasteiger partial charge in [0, 0.05) is 64.6 Å². The van der Waals surface area contributed by atoms with Crippen LogP contribution in [0.15, 0.2) is 48.8 Å². The molecule has 6 heterocycles. The van der Waals surface area contributed by atoms with Crippen LogP contribution in [0.1, 0.15) is 36.1 Å². The number of ether oxygens (including phenoxy) is 1. The quantitative estimate of drug-likeness (QED) is 0.210. The molecule has 3 aliphatic rings. The van der Waals surface area contributed by atoms with Gasteiger partial charge in [0.05, 0.1) is 23.1 Å². The molecular weight excluding hydrogens is 673 g/mol. The number of aromatic amines is 1. The number of aryl methyl sites for hydroxylation is 2. The minimum absolute atomic E-state index is 0.202. The number of carbonyl (C=O) groups excluding carboxylic acids is 2. The Morgan fingerprint density at radius 3 is 2.55 bits per heavy atom. The van der Waals surface area contributed by atoms with E-state index in [1.807, 2.05) is 26.2 Å². The zero-order chi connectivity index (χ0) is 35.2. The maximum atomic E-state index is 15.3. The van der Waals surface area contributed by atoms with Gasteiger partial charge in [-0.2, -0.15) is 5.10 Å². The van der Waals surface area contributed by atoms with Gasteiger partial charge in [-0.1, -0.05) is 17.7 Å². The predicted molar refractivity (Wildman–Crippen MR) is 193 cm³/mol. The Bertz CT molecular complexity index is 2140. The number of benzene rings is 2. The van der Waals surface area contributed by atoms with Crippen LogP contribution in [0, 0.1) is 18.7 Å². The number of aromatic nitrogens is 5. The number of fused-ring (bicyclic) bond motifs is 2. The number of nitrogens with one attached hydrogen (secondary N) is 2. The molecule has 2 saturated heterocycles. The molecule has 0 radical (unpaired) electrons. The van der Waals surface area contributed by atoms with Crippen LogP contribution in [-0.2, 0) is 24.7 Å². The summed E-state index contributed by atoms with van der Waals surface area (Å²) in [6.07, 6.45) is 7.53. The standard InChI is InChI=1S/C37H39ClFN9O3/c1-22-28(21-45(2)44-22)35-42-33-34(29(38)19-40-36(33)43-35)51-27-5-3-24-9-12-46(13-10-25(24)17-27)20-23-7-14-47(15-8-23)31-6-4-26(18-30(31)39)48-16-11-32(49)41-37(48)50/h3-6,17-19,21,23H,7-16,20H2,1-2H3,(H,40,42,43)(H,41,49,50). The summed E-state index contributed by atoms with van der Waals surface area (Å²) in [7, 11) is 1.88. The van der Waals surface area contributed by atoms with Crippen molar-refractivity contribution in [1.29, 1.82) is 0 Å². The van der Waals surface area contributed by atoms with Gasteiger partial charge < -0.3 is 19.5 Å². The van der Waals surface area contributed by atoms with E-state index in [1.54, 1.807) is 23.0 Å². The molecule has 0 spiro atoms. The fraction of sp³-hybridized carbons (Fsp3) is 0.378. The molecule has 51 heavy (non-hydrogen) atoms. The lowest BCUT2D eigenvalue weighted by Gasteiger charge is -2.36. The number of nitrogens with zero attached hydrogens (tertiary/aromatic N) is 7. The topological polar surface area (TPSA) is 125 Å². The number of carbonyl (C=O) groups is 2. The summed E-state index contributed by atoms with van der Waals surface area (Å²) in [6, 6.07) is 10.7. The maximum Gasteiger partial charge on any atom is 0.328 e. The lowest BCUT2D eigenvalue weighted by Crippen LogP contribution is -2.49. The molecule has 2 fully saturated rings. The van der Waals surface area contributed by atoms with Crippen LogP contribution in [0.2, 0.25) is 5.02 Å². The molecule has 8 rings (SSSR count). The number of amides is 3. The molecule has 0 saturated carbocycles. The Kier molecular flexibility index (Phi) is 8.84. The number of H-pyrrole nitrogens is 1. The molecule has 0 unspecified atom stereocenters. The molecule has 14 heteroatoms. The van der Waals surface area contributed by atoms with Crippen LogP contribution in [0.3, 0.4) is 0 Å². The van der Waals surface area contributed by atoms with Crippen LogP contribution in [0.4, 0.5) is 20.6 Å². The molecule has 3 aromatic heterocycles. The van der Waals surface area contributed by atoms with E-state index in [4.69, 9.17) is 16.3 Å². The third-order valence-corrected chi connectivity index (χ3v) is 10.5. The van der Waals surface area contributed by atoms with Gasteiger partial charge in [0.2, 0.25) is 5.91 Å². The van der Waals surface area contributed by atoms with Crippen molar-refractivity contribution >= 4 is 46.1 Å². The molecule has 12 nitrogen and oxygen atoms in total. The first-order chi connectivity index (χ1) is 24.7. The number of imidazole rings is 1. The van der Waals surface area contributed by atoms with Gasteiger partial charge in [0.25, 0.3) is 0 Å². The van der Waals surface area contributed by atoms with Crippen LogP contribution in [-0.4, -0.2) is 80.8 Å². The lowest BCUT2D eigenvalue weighted by molar-refractivity contribution is -0.120. The van der Waals surface area contributed by atoms with Crippen molar-refractivity contribution in [2.45, 2.75) is 39.0 Å². The summed E-state index contributed by atoms with van der Waals surface area (Å²) >= 11 is 6.62. The Morgan fingerprint density at radius 1 is 1.00 bits per heavy atom. The van der Waals surface area contributed by atoms with Crippen LogP contribution in [0.25, 0.3) is 22.6 Å². The largest absolute Gasteiger partial charge is 0.453 e. The highest BCUT2D eigenvalue weighted by Gasteiger charge is 2.28. The van der Waals surface area contributed by atoms with Crippen molar-refractivity contribution in [3.8, 4) is 22.9 Å². The van der Waals surface area contributed by atoms with Crippen molar-refractivity contribution < 1.29 is 18.7 Å². The molecule has 0 bridgehead atoms. The Balaban J connectivity index is 0.879. The van der Waals surface area contributed by atoms with E-state index < -0.39 is 6.03 Å². The summed E-state index contributed by atoms with van der Waals surface area (Å²) in [5.41, 5.74) is 6.53. The number of hydrogen-bond acceptors (Lipinski definition) is 8. The second kappa shape index (κ2) is 13.6. The monoisotopic (exact) mass is 711 g/mol. The van der Waals surface area contributed by atoms with Crippen molar-refractivity contribution in [3.63, 3.8) is 0 Å². The minimum atomic E-state index is -0.512. The van der Waals surface area contributed by atoms with E-state index >= 15 is 4.39 Å². The van der Waals surface area contributed by atoms with Gasteiger partial charge in [-0.25, -0.2) is 19.2 Å². The van der Waals surface area contributed by atoms with Crippen LogP contribution >= 0.6 is 11.6 Å². The highest BCUT2D eigenvalue weighted by molar-refractivity contribution is 6.32. The third-order valence-electron chi connectivity index (χ3n) is 10.3. The van der Waals surface area contributed by atoms with Crippen LogP contribution in [0.5, 0.6) is 11.5 Å². The van der Waals surface area contributed by atoms with Gasteiger partial charge in [0.1, 0.15) is 27.9 Å². The minimum Gasteiger partial charge on any atom is -0.453 e. The van der Waals surface area contributed by atoms with E-state index in [0.29, 0.717) is 50.8 Å². The summed E-state index contributed by atoms with van der Waals surface area (Å²) in [4.78, 5) is 42.2. The average molecular weight is 712 g/mol. The SMILES string of the molecule is Cc1nn(C)cc1-c1nc2ncc(Cl)c(Oc3ccc4c(c3)CCN(CC3CCN(c5ccc(N6CCC(=O)NC6=O)cc5F)CC3)CC4)c2[nH]1. The number of rotatable bonds is 7. The van der Waals surface area contributed by atoms with Gasteiger partial charge in [-0.05, 0) is 80.0 Å². The molecule has 0 aliphatic carbocycles. The second-order valence-corrected chi connectivity index (χ2v) is 14.1. The fourth-order valence-corrected chi connectivity index (χ4v) is 7.72. The fourth-order valence-electron chi connectivity index (χ4n) is 7.54. The highest BCUT2D eigenvalue weighted by Crippen LogP contribution is 2.37. The normalized spacial score (nSPS) is 17.5. The summed E-state index contributed by atoms with van der Waals surface area (Å²) in [5.74, 6) is 1.74. The van der Waals surface area contributed by atoms with Crippen molar-refractivity contribution in [2.75, 3.05) is 49.1 Å². The Labute approximate surface area is 299 Å². The Morgan fingerprint density at radius 2 is 1.80 bits per heavy atom. The third kappa shape index (κ3) is 6.75. The molecule has 3 aliphatic heterocycles. The van der Waals surface area contributed by atoms with E-state index in [0.717, 1.165) is 69.7 Å². The summed E-state index contributed by atoms with van der Waals surface area (Å²) in [5, 5.41) is 7.12. The number of anilines is 2. The molecule has 3 amide bonds. The smallest absolute Gasteiger partial charge is 0.328 e. The summed E-state index contributed by atoms with van der Waals surface area (Å²) < 4.78 is 23.4. The van der Waals surface area contributed by atoms with E-state index in [2.05, 4.69) is 47.3 Å². The number of pyridine rings is 1. The van der Waals surface area contributed by atoms with Crippen molar-refractivity contribution in [2.24, 2.45) is 13.0 Å². The number of piperidine rings is 1. The first-order valence-electron chi connectivity index (χ1n) is 17.4. The first-order valence-corrected chi connectivity index (χ1v) is 17.8. The lowest BCUT2D eigenvalue weighted by atomic mass is 9.95. The molecule has 5 aromatic rings. The number of imide groups is 1. The zero-order valence-corrected chi connectivity index (χ0v) is 29.3. The van der Waals surface area contributed by atoms with Gasteiger partial charge in [0.15, 0.2) is 11.4 Å². The zero-order valence-electron chi connectivity index (χ0n) is 28.6. The maximum absolute atomic E-state index is 15.3. The molecule has 2 N–H and O–H groups in total. The van der Waals surface area contributed by atoms with E-state index in [1.165, 1.54) is 22.1 Å².